The van der Waals surface area contributed by atoms with Crippen LogP contribution in [0, 0.1) is 5.82 Å². The Balaban J connectivity index is 3.25. The second-order valence-electron chi connectivity index (χ2n) is 3.16. The largest absolute Gasteiger partial charge is 0.506 e. The Labute approximate surface area is 91.4 Å². The van der Waals surface area contributed by atoms with Gasteiger partial charge in [0.05, 0.1) is 10.0 Å². The fourth-order valence-corrected chi connectivity index (χ4v) is 1.57. The molecule has 0 fully saturated rings. The van der Waals surface area contributed by atoms with Crippen LogP contribution in [0.1, 0.15) is 12.5 Å². The first kappa shape index (κ1) is 11.6. The fourth-order valence-electron chi connectivity index (χ4n) is 1.14. The highest BCUT2D eigenvalue weighted by Crippen LogP contribution is 2.35. The summed E-state index contributed by atoms with van der Waals surface area (Å²) >= 11 is 11.3. The van der Waals surface area contributed by atoms with Gasteiger partial charge in [0, 0.05) is 11.6 Å². The minimum Gasteiger partial charge on any atom is -0.506 e. The lowest BCUT2D eigenvalue weighted by molar-refractivity contribution is 0.463. The molecule has 0 saturated carbocycles. The van der Waals surface area contributed by atoms with Crippen molar-refractivity contribution in [2.45, 2.75) is 19.4 Å². The van der Waals surface area contributed by atoms with Gasteiger partial charge in [0.25, 0.3) is 0 Å². The standard InChI is InChI=1S/C9H10Cl2FNO/c1-4(13)2-5-8(11)7(12)3-6(10)9(5)14/h3-4,14H,2,13H2,1H3. The van der Waals surface area contributed by atoms with Gasteiger partial charge in [-0.3, -0.25) is 0 Å². The van der Waals surface area contributed by atoms with Crippen molar-refractivity contribution in [1.29, 1.82) is 0 Å². The molecule has 1 rings (SSSR count). The average molecular weight is 238 g/mol. The van der Waals surface area contributed by atoms with Crippen LogP contribution in [-0.4, -0.2) is 11.1 Å². The van der Waals surface area contributed by atoms with Crippen molar-refractivity contribution in [3.05, 3.63) is 27.5 Å². The zero-order chi connectivity index (χ0) is 10.9. The monoisotopic (exact) mass is 237 g/mol. The van der Waals surface area contributed by atoms with E-state index in [1.54, 1.807) is 6.92 Å². The lowest BCUT2D eigenvalue weighted by Crippen LogP contribution is -2.18. The molecule has 0 heterocycles. The molecule has 14 heavy (non-hydrogen) atoms. The Bertz CT molecular complexity index is 329. The molecule has 1 aromatic carbocycles. The van der Waals surface area contributed by atoms with E-state index in [1.807, 2.05) is 0 Å². The van der Waals surface area contributed by atoms with Gasteiger partial charge in [0.15, 0.2) is 0 Å². The number of nitrogens with two attached hydrogens (primary N) is 1. The number of benzene rings is 1. The van der Waals surface area contributed by atoms with Crippen LogP contribution < -0.4 is 5.73 Å². The summed E-state index contributed by atoms with van der Waals surface area (Å²) in [6, 6.07) is 0.750. The van der Waals surface area contributed by atoms with Gasteiger partial charge in [-0.05, 0) is 19.4 Å². The number of phenolic OH excluding ortho intramolecular Hbond substituents is 1. The summed E-state index contributed by atoms with van der Waals surface area (Å²) < 4.78 is 13.1. The summed E-state index contributed by atoms with van der Waals surface area (Å²) in [6.07, 6.45) is 0.280. The van der Waals surface area contributed by atoms with Crippen molar-refractivity contribution >= 4 is 23.2 Å². The predicted molar refractivity (Wildman–Crippen MR) is 55.4 cm³/mol. The average Bonchev–Trinajstić information content (AvgIpc) is 2.09. The molecular weight excluding hydrogens is 228 g/mol. The number of phenols is 1. The second kappa shape index (κ2) is 4.34. The first-order valence-electron chi connectivity index (χ1n) is 4.04. The van der Waals surface area contributed by atoms with Gasteiger partial charge in [0.1, 0.15) is 11.6 Å². The third kappa shape index (κ3) is 2.29. The second-order valence-corrected chi connectivity index (χ2v) is 3.95. The van der Waals surface area contributed by atoms with Crippen LogP contribution in [-0.2, 0) is 6.42 Å². The molecule has 0 aliphatic carbocycles. The van der Waals surface area contributed by atoms with Crippen LogP contribution in [0.4, 0.5) is 4.39 Å². The van der Waals surface area contributed by atoms with Crippen molar-refractivity contribution in [1.82, 2.24) is 0 Å². The van der Waals surface area contributed by atoms with Crippen molar-refractivity contribution < 1.29 is 9.50 Å². The molecule has 1 aromatic rings. The fraction of sp³-hybridized carbons (Fsp3) is 0.333. The lowest BCUT2D eigenvalue weighted by Gasteiger charge is -2.11. The van der Waals surface area contributed by atoms with E-state index in [-0.39, 0.29) is 33.8 Å². The Kier molecular flexibility index (Phi) is 3.59. The summed E-state index contributed by atoms with van der Waals surface area (Å²) in [4.78, 5) is 0. The molecular formula is C9H10Cl2FNO. The smallest absolute Gasteiger partial charge is 0.143 e. The van der Waals surface area contributed by atoms with Gasteiger partial charge in [-0.2, -0.15) is 0 Å². The molecule has 1 atom stereocenters. The van der Waals surface area contributed by atoms with E-state index in [1.165, 1.54) is 0 Å². The molecule has 3 N–H and O–H groups in total. The van der Waals surface area contributed by atoms with Crippen LogP contribution in [0.15, 0.2) is 6.07 Å². The summed E-state index contributed by atoms with van der Waals surface area (Å²) in [5.74, 6) is -0.847. The third-order valence-corrected chi connectivity index (χ3v) is 2.46. The molecule has 5 heteroatoms. The van der Waals surface area contributed by atoms with Crippen LogP contribution in [0.2, 0.25) is 10.0 Å². The Morgan fingerprint density at radius 3 is 2.64 bits per heavy atom. The van der Waals surface area contributed by atoms with Crippen LogP contribution in [0.5, 0.6) is 5.75 Å². The number of aromatic hydroxyl groups is 1. The molecule has 0 radical (unpaired) electrons. The van der Waals surface area contributed by atoms with Gasteiger partial charge in [-0.1, -0.05) is 23.2 Å². The van der Waals surface area contributed by atoms with Crippen LogP contribution in [0.25, 0.3) is 0 Å². The van der Waals surface area contributed by atoms with Gasteiger partial charge in [-0.15, -0.1) is 0 Å². The molecule has 2 nitrogen and oxygen atoms in total. The van der Waals surface area contributed by atoms with Gasteiger partial charge < -0.3 is 10.8 Å². The summed E-state index contributed by atoms with van der Waals surface area (Å²) in [5, 5.41) is 9.34. The van der Waals surface area contributed by atoms with E-state index in [4.69, 9.17) is 28.9 Å². The van der Waals surface area contributed by atoms with Crippen LogP contribution >= 0.6 is 23.2 Å². The van der Waals surface area contributed by atoms with Crippen LogP contribution in [0.3, 0.4) is 0 Å². The van der Waals surface area contributed by atoms with E-state index in [9.17, 15) is 9.50 Å². The van der Waals surface area contributed by atoms with E-state index in [0.29, 0.717) is 0 Å². The summed E-state index contributed by atoms with van der Waals surface area (Å²) in [7, 11) is 0. The van der Waals surface area contributed by atoms with Gasteiger partial charge >= 0.3 is 0 Å². The number of rotatable bonds is 2. The summed E-state index contributed by atoms with van der Waals surface area (Å²) in [6.45, 7) is 1.73. The van der Waals surface area contributed by atoms with E-state index < -0.39 is 5.82 Å². The molecule has 0 amide bonds. The highest BCUT2D eigenvalue weighted by molar-refractivity contribution is 6.35. The molecule has 0 aromatic heterocycles. The minimum atomic E-state index is -0.648. The van der Waals surface area contributed by atoms with E-state index in [2.05, 4.69) is 0 Å². The zero-order valence-corrected chi connectivity index (χ0v) is 9.03. The molecule has 0 spiro atoms. The Hall–Kier alpha value is -0.510. The van der Waals surface area contributed by atoms with E-state index >= 15 is 0 Å². The maximum absolute atomic E-state index is 13.1. The van der Waals surface area contributed by atoms with Crippen molar-refractivity contribution in [3.63, 3.8) is 0 Å². The first-order chi connectivity index (χ1) is 6.43. The molecule has 1 unspecified atom stereocenters. The highest BCUT2D eigenvalue weighted by Gasteiger charge is 2.16. The van der Waals surface area contributed by atoms with Crippen molar-refractivity contribution in [3.8, 4) is 5.75 Å². The zero-order valence-electron chi connectivity index (χ0n) is 7.52. The molecule has 0 aliphatic rings. The highest BCUT2D eigenvalue weighted by atomic mass is 35.5. The predicted octanol–water partition coefficient (Wildman–Crippen LogP) is 2.73. The maximum Gasteiger partial charge on any atom is 0.143 e. The number of hydrogen-bond donors (Lipinski definition) is 2. The maximum atomic E-state index is 13.1. The van der Waals surface area contributed by atoms with Gasteiger partial charge in [-0.25, -0.2) is 4.39 Å². The molecule has 0 saturated heterocycles. The topological polar surface area (TPSA) is 46.2 Å². The first-order valence-corrected chi connectivity index (χ1v) is 4.80. The lowest BCUT2D eigenvalue weighted by atomic mass is 10.1. The normalized spacial score (nSPS) is 12.9. The quantitative estimate of drug-likeness (QED) is 0.778. The van der Waals surface area contributed by atoms with Crippen molar-refractivity contribution in [2.24, 2.45) is 5.73 Å². The third-order valence-electron chi connectivity index (χ3n) is 1.77. The van der Waals surface area contributed by atoms with E-state index in [0.717, 1.165) is 6.07 Å². The van der Waals surface area contributed by atoms with Gasteiger partial charge in [0.2, 0.25) is 0 Å². The van der Waals surface area contributed by atoms with Crippen molar-refractivity contribution in [2.75, 3.05) is 0 Å². The number of hydrogen-bond acceptors (Lipinski definition) is 2. The SMILES string of the molecule is CC(N)Cc1c(O)c(Cl)cc(F)c1Cl. The molecule has 0 bridgehead atoms. The Morgan fingerprint density at radius 1 is 1.57 bits per heavy atom. The minimum absolute atomic E-state index is 0.0532. The molecule has 0 aliphatic heterocycles. The molecule has 78 valence electrons. The Morgan fingerprint density at radius 2 is 2.14 bits per heavy atom. The number of halogens is 3. The summed E-state index contributed by atoms with van der Waals surface area (Å²) in [5.41, 5.74) is 5.78.